The van der Waals surface area contributed by atoms with Crippen molar-refractivity contribution >= 4 is 34.5 Å². The number of amides is 2. The largest absolute Gasteiger partial charge is 0.468 e. The van der Waals surface area contributed by atoms with Crippen LogP contribution in [0.1, 0.15) is 23.5 Å². The average Bonchev–Trinajstić information content (AvgIpc) is 3.43. The van der Waals surface area contributed by atoms with Crippen molar-refractivity contribution in [3.8, 4) is 11.4 Å². The number of thiazole rings is 1. The van der Waals surface area contributed by atoms with E-state index in [1.807, 2.05) is 11.8 Å². The lowest BCUT2D eigenvalue weighted by molar-refractivity contribution is -0.139. The van der Waals surface area contributed by atoms with Crippen LogP contribution >= 0.6 is 11.3 Å². The number of halogens is 1. The summed E-state index contributed by atoms with van der Waals surface area (Å²) in [7, 11) is 1.23. The molecule has 0 radical (unpaired) electrons. The molecule has 0 spiro atoms. The number of esters is 1. The number of carbonyl (C=O) groups is 2. The number of benzene rings is 1. The van der Waals surface area contributed by atoms with Crippen molar-refractivity contribution in [1.29, 1.82) is 0 Å². The molecule has 11 nitrogen and oxygen atoms in total. The minimum absolute atomic E-state index is 0.140. The van der Waals surface area contributed by atoms with E-state index in [2.05, 4.69) is 30.5 Å². The third-order valence-corrected chi connectivity index (χ3v) is 6.20. The number of ether oxygens (including phenoxy) is 1. The van der Waals surface area contributed by atoms with E-state index in [4.69, 9.17) is 4.52 Å². The monoisotopic (exact) mass is 476 g/mol. The van der Waals surface area contributed by atoms with Gasteiger partial charge in [-0.15, -0.1) is 0 Å². The highest BCUT2D eigenvalue weighted by Gasteiger charge is 2.38. The van der Waals surface area contributed by atoms with Gasteiger partial charge in [-0.25, -0.2) is 14.2 Å². The van der Waals surface area contributed by atoms with Crippen LogP contribution in [-0.2, 0) is 16.0 Å². The molecule has 0 saturated heterocycles. The number of anilines is 2. The molecule has 174 valence electrons. The van der Waals surface area contributed by atoms with Gasteiger partial charge in [0.2, 0.25) is 5.82 Å². The quantitative estimate of drug-likeness (QED) is 0.456. The number of fused-ring (bicyclic) bond motifs is 1. The maximum absolute atomic E-state index is 13.2. The molecular weight excluding hydrogens is 455 g/mol. The molecule has 2 aromatic heterocycles. The van der Waals surface area contributed by atoms with E-state index in [9.17, 15) is 19.1 Å². The van der Waals surface area contributed by atoms with Crippen LogP contribution in [0, 0.1) is 5.82 Å². The molecule has 2 atom stereocenters. The van der Waals surface area contributed by atoms with Gasteiger partial charge in [-0.1, -0.05) is 16.5 Å². The summed E-state index contributed by atoms with van der Waals surface area (Å²) >= 11 is 1.21. The zero-order valence-corrected chi connectivity index (χ0v) is 18.6. The van der Waals surface area contributed by atoms with E-state index in [1.54, 1.807) is 12.1 Å². The number of urea groups is 1. The zero-order chi connectivity index (χ0) is 23.5. The summed E-state index contributed by atoms with van der Waals surface area (Å²) < 4.78 is 23.2. The van der Waals surface area contributed by atoms with Gasteiger partial charge in [-0.05, 0) is 31.2 Å². The highest BCUT2D eigenvalue weighted by Crippen LogP contribution is 2.40. The van der Waals surface area contributed by atoms with Crippen LogP contribution in [0.5, 0.6) is 0 Å². The van der Waals surface area contributed by atoms with E-state index in [-0.39, 0.29) is 31.0 Å². The normalized spacial score (nSPS) is 17.4. The predicted molar refractivity (Wildman–Crippen MR) is 116 cm³/mol. The molecule has 0 fully saturated rings. The van der Waals surface area contributed by atoms with Gasteiger partial charge in [0.05, 0.1) is 30.3 Å². The van der Waals surface area contributed by atoms with Crippen LogP contribution in [0.15, 0.2) is 28.8 Å². The number of rotatable bonds is 6. The number of aliphatic hydroxyl groups excluding tert-OH is 1. The Morgan fingerprint density at radius 2 is 2.09 bits per heavy atom. The van der Waals surface area contributed by atoms with Gasteiger partial charge in [0.25, 0.3) is 0 Å². The Bertz CT molecular complexity index is 1150. The van der Waals surface area contributed by atoms with Crippen LogP contribution in [0.4, 0.5) is 20.3 Å². The van der Waals surface area contributed by atoms with Gasteiger partial charge in [-0.3, -0.25) is 10.1 Å². The summed E-state index contributed by atoms with van der Waals surface area (Å²) in [6.07, 6.45) is 0.516. The molecular formula is C20H21FN6O5S. The van der Waals surface area contributed by atoms with Crippen molar-refractivity contribution in [3.05, 3.63) is 40.7 Å². The van der Waals surface area contributed by atoms with Gasteiger partial charge < -0.3 is 24.6 Å². The van der Waals surface area contributed by atoms with E-state index in [0.717, 1.165) is 10.6 Å². The third-order valence-electron chi connectivity index (χ3n) is 5.08. The number of carbonyl (C=O) groups excluding carboxylic acids is 2. The first kappa shape index (κ1) is 22.6. The molecule has 0 saturated carbocycles. The van der Waals surface area contributed by atoms with Crippen LogP contribution in [0.25, 0.3) is 11.4 Å². The Kier molecular flexibility index (Phi) is 6.51. The van der Waals surface area contributed by atoms with Gasteiger partial charge >= 0.3 is 18.0 Å². The number of aromatic nitrogens is 3. The number of hydrogen-bond donors (Lipinski definition) is 3. The smallest absolute Gasteiger partial charge is 0.325 e. The summed E-state index contributed by atoms with van der Waals surface area (Å²) in [6.45, 7) is 1.41. The summed E-state index contributed by atoms with van der Waals surface area (Å²) in [5.41, 5.74) is 1.34. The van der Waals surface area contributed by atoms with E-state index in [1.165, 1.54) is 30.6 Å². The first-order chi connectivity index (χ1) is 15.9. The van der Waals surface area contributed by atoms with Gasteiger partial charge in [-0.2, -0.15) is 4.98 Å². The molecule has 0 unspecified atom stereocenters. The Balaban J connectivity index is 1.54. The second kappa shape index (κ2) is 9.50. The molecule has 13 heteroatoms. The summed E-state index contributed by atoms with van der Waals surface area (Å²) in [4.78, 5) is 34.7. The van der Waals surface area contributed by atoms with Crippen LogP contribution in [0.2, 0.25) is 0 Å². The van der Waals surface area contributed by atoms with Crippen molar-refractivity contribution in [2.24, 2.45) is 0 Å². The van der Waals surface area contributed by atoms with Crippen molar-refractivity contribution in [3.63, 3.8) is 0 Å². The molecule has 0 bridgehead atoms. The van der Waals surface area contributed by atoms with Crippen molar-refractivity contribution in [2.45, 2.75) is 25.4 Å². The average molecular weight is 476 g/mol. The van der Waals surface area contributed by atoms with Gasteiger partial charge in [0, 0.05) is 18.0 Å². The fourth-order valence-corrected chi connectivity index (χ4v) is 4.61. The first-order valence-corrected chi connectivity index (χ1v) is 10.8. The molecule has 3 N–H and O–H groups in total. The molecule has 1 aliphatic heterocycles. The van der Waals surface area contributed by atoms with Crippen molar-refractivity contribution in [2.75, 3.05) is 30.5 Å². The third kappa shape index (κ3) is 4.78. The van der Waals surface area contributed by atoms with E-state index in [0.29, 0.717) is 22.9 Å². The molecule has 1 aromatic carbocycles. The zero-order valence-electron chi connectivity index (χ0n) is 17.7. The van der Waals surface area contributed by atoms with Crippen molar-refractivity contribution in [1.82, 2.24) is 20.4 Å². The molecule has 2 amide bonds. The number of nitrogens with one attached hydrogen (secondary N) is 2. The van der Waals surface area contributed by atoms with Crippen LogP contribution < -0.4 is 15.5 Å². The fraction of sp³-hybridized carbons (Fsp3) is 0.350. The van der Waals surface area contributed by atoms with Crippen LogP contribution in [-0.4, -0.2) is 58.5 Å². The fourth-order valence-electron chi connectivity index (χ4n) is 3.53. The first-order valence-electron chi connectivity index (χ1n) is 9.99. The lowest BCUT2D eigenvalue weighted by Crippen LogP contribution is -2.43. The number of nitrogens with zero attached hydrogens (tertiary/aromatic N) is 4. The molecule has 33 heavy (non-hydrogen) atoms. The Hall–Kier alpha value is -3.58. The van der Waals surface area contributed by atoms with Crippen LogP contribution in [0.3, 0.4) is 0 Å². The summed E-state index contributed by atoms with van der Waals surface area (Å²) in [5.74, 6) is -0.643. The van der Waals surface area contributed by atoms with Crippen molar-refractivity contribution < 1.29 is 28.3 Å². The highest BCUT2D eigenvalue weighted by molar-refractivity contribution is 7.16. The lowest BCUT2D eigenvalue weighted by Gasteiger charge is -2.37. The molecule has 0 aliphatic carbocycles. The highest BCUT2D eigenvalue weighted by atomic mass is 32.1. The molecule has 3 heterocycles. The second-order valence-corrected chi connectivity index (χ2v) is 8.31. The lowest BCUT2D eigenvalue weighted by atomic mass is 10.00. The maximum atomic E-state index is 13.2. The minimum atomic E-state index is -0.599. The molecule has 4 rings (SSSR count). The molecule has 1 aliphatic rings. The topological polar surface area (TPSA) is 143 Å². The predicted octanol–water partition coefficient (Wildman–Crippen LogP) is 2.11. The standard InChI is InChI=1S/C20H21FN6O5S/c1-10-7-13-16(33-19(23-13)25-18(30)22-8-15(29)31-2)14(9-28)27(10)20-24-17(26-32-20)11-3-5-12(21)6-4-11/h3-6,10,14,28H,7-9H2,1-2H3,(H2,22,23,25,30)/t10-,14+/m1/s1. The van der Waals surface area contributed by atoms with Gasteiger partial charge in [0.1, 0.15) is 12.4 Å². The maximum Gasteiger partial charge on any atom is 0.325 e. The number of hydrogen-bond acceptors (Lipinski definition) is 10. The molecule has 3 aromatic rings. The van der Waals surface area contributed by atoms with E-state index >= 15 is 0 Å². The Labute approximate surface area is 191 Å². The number of methoxy groups -OCH3 is 1. The SMILES string of the molecule is COC(=O)CNC(=O)Nc1nc2c(s1)[C@H](CO)N(c1nc(-c3ccc(F)cc3)no1)[C@H](C)C2. The minimum Gasteiger partial charge on any atom is -0.468 e. The van der Waals surface area contributed by atoms with E-state index < -0.39 is 18.0 Å². The summed E-state index contributed by atoms with van der Waals surface area (Å²) in [5, 5.41) is 19.4. The summed E-state index contributed by atoms with van der Waals surface area (Å²) in [6, 6.07) is 4.68. The number of aliphatic hydroxyl groups is 1. The Morgan fingerprint density at radius 3 is 2.79 bits per heavy atom. The second-order valence-electron chi connectivity index (χ2n) is 7.28. The van der Waals surface area contributed by atoms with Gasteiger partial charge in [0.15, 0.2) is 5.13 Å². The Morgan fingerprint density at radius 1 is 1.33 bits per heavy atom.